The van der Waals surface area contributed by atoms with Crippen LogP contribution < -0.4 is 5.32 Å². The maximum Gasteiger partial charge on any atom is 0.149 e. The van der Waals surface area contributed by atoms with Crippen LogP contribution >= 0.6 is 11.3 Å². The molecule has 98 valence electrons. The van der Waals surface area contributed by atoms with Gasteiger partial charge in [-0.2, -0.15) is 0 Å². The van der Waals surface area contributed by atoms with Crippen LogP contribution in [0, 0.1) is 13.8 Å². The summed E-state index contributed by atoms with van der Waals surface area (Å²) in [5, 5.41) is 12.7. The van der Waals surface area contributed by atoms with E-state index in [2.05, 4.69) is 41.3 Å². The van der Waals surface area contributed by atoms with Crippen molar-refractivity contribution < 1.29 is 0 Å². The van der Waals surface area contributed by atoms with Gasteiger partial charge in [-0.15, -0.1) is 21.5 Å². The summed E-state index contributed by atoms with van der Waals surface area (Å²) in [5.41, 5.74) is 1.11. The van der Waals surface area contributed by atoms with E-state index in [0.717, 1.165) is 16.5 Å². The third kappa shape index (κ3) is 2.59. The van der Waals surface area contributed by atoms with Crippen LogP contribution in [-0.4, -0.2) is 19.7 Å². The monoisotopic (exact) mass is 265 g/mol. The molecule has 18 heavy (non-hydrogen) atoms. The molecule has 2 rings (SSSR count). The van der Waals surface area contributed by atoms with Crippen LogP contribution in [0.3, 0.4) is 0 Å². The van der Waals surface area contributed by atoms with Crippen LogP contribution in [0.15, 0.2) is 6.33 Å². The van der Waals surface area contributed by atoms with Crippen molar-refractivity contribution in [3.8, 4) is 0 Å². The van der Waals surface area contributed by atoms with E-state index in [1.807, 2.05) is 18.5 Å². The summed E-state index contributed by atoms with van der Waals surface area (Å²) in [5.74, 6) is 0.945. The molecule has 0 bridgehead atoms. The first-order valence-corrected chi connectivity index (χ1v) is 6.84. The van der Waals surface area contributed by atoms with E-state index in [1.165, 1.54) is 4.88 Å². The normalized spacial score (nSPS) is 14.7. The van der Waals surface area contributed by atoms with Crippen LogP contribution in [0.2, 0.25) is 0 Å². The molecule has 0 aliphatic carbocycles. The first kappa shape index (κ1) is 13.2. The van der Waals surface area contributed by atoms with Gasteiger partial charge in [0.25, 0.3) is 0 Å². The van der Waals surface area contributed by atoms with Crippen LogP contribution in [0.25, 0.3) is 0 Å². The first-order chi connectivity index (χ1) is 8.49. The standard InChI is InChI=1S/C12H19N5S/c1-7(11-8(2)15-10(4)18-11)14-9(3)12-16-13-6-17(12)5/h6-7,9,14H,1-5H3. The number of thiazole rings is 1. The Bertz CT molecular complexity index is 530. The molecule has 2 aromatic heterocycles. The van der Waals surface area contributed by atoms with Crippen LogP contribution in [0.5, 0.6) is 0 Å². The second-order valence-corrected chi connectivity index (χ2v) is 5.83. The average Bonchev–Trinajstić information content (AvgIpc) is 2.84. The van der Waals surface area contributed by atoms with Crippen LogP contribution in [0.1, 0.15) is 47.3 Å². The molecule has 0 saturated heterocycles. The fourth-order valence-corrected chi connectivity index (χ4v) is 3.10. The van der Waals surface area contributed by atoms with E-state index in [9.17, 15) is 0 Å². The van der Waals surface area contributed by atoms with Gasteiger partial charge < -0.3 is 9.88 Å². The van der Waals surface area contributed by atoms with Crippen LogP contribution in [0.4, 0.5) is 0 Å². The lowest BCUT2D eigenvalue weighted by atomic mass is 10.2. The summed E-state index contributed by atoms with van der Waals surface area (Å²) in [7, 11) is 1.96. The maximum atomic E-state index is 4.47. The second kappa shape index (κ2) is 5.16. The first-order valence-electron chi connectivity index (χ1n) is 6.03. The van der Waals surface area contributed by atoms with Crippen LogP contribution in [-0.2, 0) is 7.05 Å². The molecule has 2 heterocycles. The Balaban J connectivity index is 2.10. The van der Waals surface area contributed by atoms with Crippen molar-refractivity contribution in [1.82, 2.24) is 25.1 Å². The highest BCUT2D eigenvalue weighted by atomic mass is 32.1. The largest absolute Gasteiger partial charge is 0.319 e. The molecular weight excluding hydrogens is 246 g/mol. The quantitative estimate of drug-likeness (QED) is 0.921. The predicted molar refractivity (Wildman–Crippen MR) is 72.6 cm³/mol. The van der Waals surface area contributed by atoms with Gasteiger partial charge in [0.2, 0.25) is 0 Å². The third-order valence-corrected chi connectivity index (χ3v) is 4.22. The Morgan fingerprint density at radius 3 is 2.50 bits per heavy atom. The average molecular weight is 265 g/mol. The third-order valence-electron chi connectivity index (χ3n) is 2.97. The highest BCUT2D eigenvalue weighted by Gasteiger charge is 2.18. The Morgan fingerprint density at radius 1 is 1.28 bits per heavy atom. The zero-order chi connectivity index (χ0) is 13.3. The highest BCUT2D eigenvalue weighted by Crippen LogP contribution is 2.26. The minimum Gasteiger partial charge on any atom is -0.319 e. The minimum absolute atomic E-state index is 0.161. The summed E-state index contributed by atoms with van der Waals surface area (Å²) in [6.07, 6.45) is 1.72. The van der Waals surface area contributed by atoms with Crippen molar-refractivity contribution in [3.05, 3.63) is 27.7 Å². The molecule has 6 heteroatoms. The number of hydrogen-bond donors (Lipinski definition) is 1. The second-order valence-electron chi connectivity index (χ2n) is 4.59. The summed E-state index contributed by atoms with van der Waals surface area (Å²) in [6, 6.07) is 0.428. The fourth-order valence-electron chi connectivity index (χ4n) is 2.16. The number of rotatable bonds is 4. The number of nitrogens with zero attached hydrogens (tertiary/aromatic N) is 4. The van der Waals surface area contributed by atoms with Crippen molar-refractivity contribution in [2.24, 2.45) is 7.05 Å². The van der Waals surface area contributed by atoms with Crippen molar-refractivity contribution in [2.75, 3.05) is 0 Å². The molecule has 0 aliphatic rings. The van der Waals surface area contributed by atoms with E-state index in [-0.39, 0.29) is 12.1 Å². The molecule has 1 N–H and O–H groups in total. The van der Waals surface area contributed by atoms with E-state index in [4.69, 9.17) is 0 Å². The molecule has 0 radical (unpaired) electrons. The molecule has 0 aromatic carbocycles. The molecule has 5 nitrogen and oxygen atoms in total. The van der Waals surface area contributed by atoms with E-state index in [0.29, 0.717) is 0 Å². The lowest BCUT2D eigenvalue weighted by molar-refractivity contribution is 0.469. The van der Waals surface area contributed by atoms with Crippen molar-refractivity contribution in [1.29, 1.82) is 0 Å². The SMILES string of the molecule is Cc1nc(C)c(C(C)NC(C)c2nncn2C)s1. The summed E-state index contributed by atoms with van der Waals surface area (Å²) >= 11 is 1.75. The van der Waals surface area contributed by atoms with Gasteiger partial charge >= 0.3 is 0 Å². The van der Waals surface area contributed by atoms with Gasteiger partial charge in [-0.05, 0) is 27.7 Å². The number of aryl methyl sites for hydroxylation is 3. The zero-order valence-electron chi connectivity index (χ0n) is 11.4. The molecule has 0 aliphatic heterocycles. The lowest BCUT2D eigenvalue weighted by Crippen LogP contribution is -2.24. The minimum atomic E-state index is 0.161. The van der Waals surface area contributed by atoms with Gasteiger partial charge in [0, 0.05) is 18.0 Å². The van der Waals surface area contributed by atoms with Gasteiger partial charge in [-0.3, -0.25) is 0 Å². The molecule has 0 spiro atoms. The molecule has 0 amide bonds. The van der Waals surface area contributed by atoms with E-state index >= 15 is 0 Å². The Hall–Kier alpha value is -1.27. The van der Waals surface area contributed by atoms with E-state index < -0.39 is 0 Å². The molecule has 2 aromatic rings. The van der Waals surface area contributed by atoms with Gasteiger partial charge in [0.05, 0.1) is 16.7 Å². The zero-order valence-corrected chi connectivity index (χ0v) is 12.2. The highest BCUT2D eigenvalue weighted by molar-refractivity contribution is 7.11. The van der Waals surface area contributed by atoms with Crippen molar-refractivity contribution in [2.45, 2.75) is 39.8 Å². The molecule has 2 atom stereocenters. The Morgan fingerprint density at radius 2 is 2.00 bits per heavy atom. The van der Waals surface area contributed by atoms with Gasteiger partial charge in [0.1, 0.15) is 12.2 Å². The Labute approximate surface area is 111 Å². The fraction of sp³-hybridized carbons (Fsp3) is 0.583. The van der Waals surface area contributed by atoms with Crippen molar-refractivity contribution >= 4 is 11.3 Å². The summed E-state index contributed by atoms with van der Waals surface area (Å²) < 4.78 is 1.94. The van der Waals surface area contributed by atoms with Crippen molar-refractivity contribution in [3.63, 3.8) is 0 Å². The number of aromatic nitrogens is 4. The predicted octanol–water partition coefficient (Wildman–Crippen LogP) is 2.30. The molecule has 0 fully saturated rings. The lowest BCUT2D eigenvalue weighted by Gasteiger charge is -2.18. The topological polar surface area (TPSA) is 55.6 Å². The van der Waals surface area contributed by atoms with Gasteiger partial charge in [-0.25, -0.2) is 4.98 Å². The Kier molecular flexibility index (Phi) is 3.77. The summed E-state index contributed by atoms with van der Waals surface area (Å²) in [4.78, 5) is 5.76. The molecular formula is C12H19N5S. The molecule has 2 unspecified atom stereocenters. The van der Waals surface area contributed by atoms with Gasteiger partial charge in [-0.1, -0.05) is 0 Å². The number of nitrogens with one attached hydrogen (secondary N) is 1. The smallest absolute Gasteiger partial charge is 0.149 e. The maximum absolute atomic E-state index is 4.47. The number of hydrogen-bond acceptors (Lipinski definition) is 5. The summed E-state index contributed by atoms with van der Waals surface area (Å²) in [6.45, 7) is 8.36. The van der Waals surface area contributed by atoms with Gasteiger partial charge in [0.15, 0.2) is 0 Å². The molecule has 0 saturated carbocycles. The van der Waals surface area contributed by atoms with E-state index in [1.54, 1.807) is 17.7 Å².